The van der Waals surface area contributed by atoms with Crippen LogP contribution in [-0.4, -0.2) is 27.9 Å². The number of hydrogen-bond donors (Lipinski definition) is 0. The molecule has 0 aliphatic carbocycles. The molecule has 1 unspecified atom stereocenters. The number of rotatable bonds is 6. The smallest absolute Gasteiger partial charge is 0.373 e. The van der Waals surface area contributed by atoms with E-state index in [1.807, 2.05) is 0 Å². The molecule has 0 N–H and O–H groups in total. The average molecular weight is 301 g/mol. The van der Waals surface area contributed by atoms with Crippen LogP contribution in [0, 0.1) is 0 Å². The van der Waals surface area contributed by atoms with E-state index in [9.17, 15) is 0 Å². The largest absolute Gasteiger partial charge is 0.419 e. The van der Waals surface area contributed by atoms with Crippen LogP contribution in [0.25, 0.3) is 0 Å². The van der Waals surface area contributed by atoms with Gasteiger partial charge < -0.3 is 12.3 Å². The van der Waals surface area contributed by atoms with Crippen molar-refractivity contribution in [1.82, 2.24) is 0 Å². The summed E-state index contributed by atoms with van der Waals surface area (Å²) in [5.41, 5.74) is 6.46. The van der Waals surface area contributed by atoms with Crippen molar-refractivity contribution in [2.45, 2.75) is 40.0 Å². The van der Waals surface area contributed by atoms with Crippen molar-refractivity contribution in [2.75, 3.05) is 0 Å². The fourth-order valence-corrected chi connectivity index (χ4v) is 10.8. The summed E-state index contributed by atoms with van der Waals surface area (Å²) < 4.78 is 17.8. The Morgan fingerprint density at radius 2 is 1.61 bits per heavy atom. The van der Waals surface area contributed by atoms with Crippen LogP contribution in [0.4, 0.5) is 0 Å². The molecule has 1 heterocycles. The van der Waals surface area contributed by atoms with E-state index in [0.717, 1.165) is 19.3 Å². The highest BCUT2D eigenvalue weighted by molar-refractivity contribution is 6.87. The van der Waals surface area contributed by atoms with Crippen LogP contribution in [0.15, 0.2) is 35.3 Å². The Labute approximate surface area is 116 Å². The first kappa shape index (κ1) is 15.8. The summed E-state index contributed by atoms with van der Waals surface area (Å²) >= 11 is 0. The summed E-state index contributed by atoms with van der Waals surface area (Å²) in [5, 5.41) is 0. The van der Waals surface area contributed by atoms with Crippen molar-refractivity contribution >= 4 is 27.9 Å². The lowest BCUT2D eigenvalue weighted by molar-refractivity contribution is 0.303. The van der Waals surface area contributed by atoms with Crippen molar-refractivity contribution in [2.24, 2.45) is 0 Å². The Hall–Kier alpha value is -0.249. The van der Waals surface area contributed by atoms with Crippen LogP contribution in [0.3, 0.4) is 0 Å². The fraction of sp³-hybridized carbons (Fsp3) is 0.500. The molecule has 0 aromatic rings. The second-order valence-electron chi connectivity index (χ2n) is 4.09. The maximum Gasteiger partial charge on any atom is 0.373 e. The maximum atomic E-state index is 6.19. The number of hydrogen-bond acceptors (Lipinski definition) is 3. The fourth-order valence-electron chi connectivity index (χ4n) is 1.58. The SMILES string of the molecule is CCC=C[SiH]1O[SiH2]O[Si](C=CCC)(C=CCC)O1. The lowest BCUT2D eigenvalue weighted by Crippen LogP contribution is -2.51. The molecule has 3 nitrogen and oxygen atoms in total. The topological polar surface area (TPSA) is 27.7 Å². The van der Waals surface area contributed by atoms with Gasteiger partial charge in [0, 0.05) is 0 Å². The highest BCUT2D eigenvalue weighted by Gasteiger charge is 2.38. The zero-order valence-electron chi connectivity index (χ0n) is 11.6. The van der Waals surface area contributed by atoms with Gasteiger partial charge in [0.1, 0.15) is 0 Å². The lowest BCUT2D eigenvalue weighted by atomic mass is 10.5. The zero-order valence-corrected chi connectivity index (χ0v) is 15.2. The minimum absolute atomic E-state index is 0.882. The summed E-state index contributed by atoms with van der Waals surface area (Å²) in [6.45, 7) is 6.38. The second kappa shape index (κ2) is 8.78. The van der Waals surface area contributed by atoms with Crippen LogP contribution in [-0.2, 0) is 12.3 Å². The summed E-state index contributed by atoms with van der Waals surface area (Å²) in [4.78, 5) is 0. The third-order valence-electron chi connectivity index (χ3n) is 2.52. The van der Waals surface area contributed by atoms with Gasteiger partial charge in [-0.15, -0.1) is 0 Å². The molecule has 0 aromatic heterocycles. The summed E-state index contributed by atoms with van der Waals surface area (Å²) in [5.74, 6) is 0. The highest BCUT2D eigenvalue weighted by Crippen LogP contribution is 2.19. The molecule has 1 atom stereocenters. The predicted molar refractivity (Wildman–Crippen MR) is 83.0 cm³/mol. The van der Waals surface area contributed by atoms with Crippen LogP contribution in [0.1, 0.15) is 40.0 Å². The van der Waals surface area contributed by atoms with Gasteiger partial charge in [0.05, 0.1) is 0 Å². The molecule has 1 fully saturated rings. The zero-order chi connectivity index (χ0) is 13.3. The molecule has 0 amide bonds. The first-order valence-corrected chi connectivity index (χ1v) is 11.4. The van der Waals surface area contributed by atoms with E-state index in [2.05, 4.69) is 56.1 Å². The van der Waals surface area contributed by atoms with Gasteiger partial charge in [0.15, 0.2) is 0 Å². The Kier molecular flexibility index (Phi) is 7.71. The quantitative estimate of drug-likeness (QED) is 0.704. The molecule has 6 heteroatoms. The molecule has 102 valence electrons. The second-order valence-corrected chi connectivity index (χ2v) is 11.0. The summed E-state index contributed by atoms with van der Waals surface area (Å²) in [6, 6.07) is 0. The summed E-state index contributed by atoms with van der Waals surface area (Å²) in [7, 11) is -4.77. The van der Waals surface area contributed by atoms with E-state index >= 15 is 0 Å². The Morgan fingerprint density at radius 3 is 2.17 bits per heavy atom. The van der Waals surface area contributed by atoms with Crippen LogP contribution < -0.4 is 0 Å². The van der Waals surface area contributed by atoms with E-state index in [0.29, 0.717) is 0 Å². The number of allylic oxidation sites excluding steroid dienone is 3. The molecule has 0 aromatic carbocycles. The van der Waals surface area contributed by atoms with Crippen molar-refractivity contribution in [3.05, 3.63) is 35.3 Å². The third-order valence-corrected chi connectivity index (χ3v) is 11.0. The van der Waals surface area contributed by atoms with Crippen molar-refractivity contribution in [3.63, 3.8) is 0 Å². The normalized spacial score (nSPS) is 31.2. The molecule has 1 aliphatic heterocycles. The van der Waals surface area contributed by atoms with Crippen molar-refractivity contribution in [1.29, 1.82) is 0 Å². The standard InChI is InChI=1S/C12H24O3Si3/c1-4-7-10-17-13-16-14-18(15-17,11-8-5-2)12-9-6-3/h7-12,17H,4-6,16H2,1-3H3. The first-order chi connectivity index (χ1) is 8.76. The van der Waals surface area contributed by atoms with Crippen molar-refractivity contribution < 1.29 is 12.3 Å². The first-order valence-electron chi connectivity index (χ1n) is 6.71. The van der Waals surface area contributed by atoms with E-state index < -0.39 is 27.9 Å². The molecular weight excluding hydrogens is 276 g/mol. The van der Waals surface area contributed by atoms with Crippen molar-refractivity contribution in [3.8, 4) is 0 Å². The van der Waals surface area contributed by atoms with Crippen LogP contribution in [0.2, 0.25) is 0 Å². The van der Waals surface area contributed by atoms with Crippen LogP contribution >= 0.6 is 0 Å². The molecule has 1 saturated heterocycles. The lowest BCUT2D eigenvalue weighted by Gasteiger charge is -2.34. The van der Waals surface area contributed by atoms with Gasteiger partial charge in [0.25, 0.3) is 10.0 Å². The molecule has 1 rings (SSSR count). The van der Waals surface area contributed by atoms with Gasteiger partial charge in [-0.2, -0.15) is 0 Å². The van der Waals surface area contributed by atoms with E-state index in [1.54, 1.807) is 0 Å². The van der Waals surface area contributed by atoms with E-state index in [4.69, 9.17) is 12.3 Å². The minimum Gasteiger partial charge on any atom is -0.419 e. The average Bonchev–Trinajstić information content (AvgIpc) is 2.41. The van der Waals surface area contributed by atoms with Gasteiger partial charge >= 0.3 is 17.8 Å². The van der Waals surface area contributed by atoms with E-state index in [-0.39, 0.29) is 0 Å². The molecule has 0 radical (unpaired) electrons. The van der Waals surface area contributed by atoms with Gasteiger partial charge in [-0.05, 0) is 30.7 Å². The Morgan fingerprint density at radius 1 is 1.00 bits per heavy atom. The Bertz CT molecular complexity index is 302. The molecule has 0 bridgehead atoms. The monoisotopic (exact) mass is 300 g/mol. The maximum absolute atomic E-state index is 6.19. The van der Waals surface area contributed by atoms with Gasteiger partial charge in [-0.1, -0.05) is 44.7 Å². The van der Waals surface area contributed by atoms with Crippen LogP contribution in [0.5, 0.6) is 0 Å². The summed E-state index contributed by atoms with van der Waals surface area (Å²) in [6.07, 6.45) is 9.51. The van der Waals surface area contributed by atoms with E-state index in [1.165, 1.54) is 0 Å². The molecule has 0 saturated carbocycles. The third kappa shape index (κ3) is 5.17. The van der Waals surface area contributed by atoms with Gasteiger partial charge in [-0.3, -0.25) is 0 Å². The highest BCUT2D eigenvalue weighted by atomic mass is 28.5. The Balaban J connectivity index is 2.78. The van der Waals surface area contributed by atoms with Gasteiger partial charge in [-0.25, -0.2) is 0 Å². The molecular formula is C12H24O3Si3. The molecule has 0 spiro atoms. The minimum atomic E-state index is -2.25. The predicted octanol–water partition coefficient (Wildman–Crippen LogP) is 2.23. The molecule has 1 aliphatic rings. The van der Waals surface area contributed by atoms with Gasteiger partial charge in [0.2, 0.25) is 0 Å². The molecule has 18 heavy (non-hydrogen) atoms.